The van der Waals surface area contributed by atoms with Crippen LogP contribution < -0.4 is 4.74 Å². The first-order valence-corrected chi connectivity index (χ1v) is 7.12. The van der Waals surface area contributed by atoms with Crippen LogP contribution in [0.5, 0.6) is 5.75 Å². The zero-order valence-electron chi connectivity index (χ0n) is 11.4. The maximum atomic E-state index is 11.7. The fourth-order valence-corrected chi connectivity index (χ4v) is 2.35. The van der Waals surface area contributed by atoms with Crippen molar-refractivity contribution in [2.45, 2.75) is 32.2 Å². The molecular formula is C15H20ClNO2. The molecule has 0 radical (unpaired) electrons. The summed E-state index contributed by atoms with van der Waals surface area (Å²) in [4.78, 5) is 13.5. The molecule has 0 bridgehead atoms. The molecule has 3 nitrogen and oxygen atoms in total. The quantitative estimate of drug-likeness (QED) is 0.777. The molecule has 0 spiro atoms. The number of ether oxygens (including phenoxy) is 1. The van der Waals surface area contributed by atoms with Crippen molar-refractivity contribution in [3.63, 3.8) is 0 Å². The van der Waals surface area contributed by atoms with Crippen LogP contribution in [0.15, 0.2) is 24.3 Å². The van der Waals surface area contributed by atoms with Crippen LogP contribution in [0.3, 0.4) is 0 Å². The van der Waals surface area contributed by atoms with Gasteiger partial charge in [0.2, 0.25) is 5.91 Å². The summed E-state index contributed by atoms with van der Waals surface area (Å²) >= 11 is 5.98. The fraction of sp³-hybridized carbons (Fsp3) is 0.533. The Balaban J connectivity index is 1.90. The molecule has 0 aromatic heterocycles. The zero-order valence-corrected chi connectivity index (χ0v) is 12.2. The van der Waals surface area contributed by atoms with Gasteiger partial charge in [0, 0.05) is 19.5 Å². The SMILES string of the molecule is CC(C)COc1ccc(CN2CC(Cl)CC2=O)cc1. The molecule has 0 saturated carbocycles. The third-order valence-electron chi connectivity index (χ3n) is 3.05. The molecule has 1 unspecified atom stereocenters. The molecule has 104 valence electrons. The third kappa shape index (κ3) is 4.13. The van der Waals surface area contributed by atoms with Gasteiger partial charge in [-0.3, -0.25) is 4.79 Å². The van der Waals surface area contributed by atoms with E-state index in [0.717, 1.165) is 17.9 Å². The van der Waals surface area contributed by atoms with Crippen LogP contribution in [0, 0.1) is 5.92 Å². The van der Waals surface area contributed by atoms with Gasteiger partial charge in [-0.2, -0.15) is 0 Å². The molecule has 4 heteroatoms. The van der Waals surface area contributed by atoms with Gasteiger partial charge < -0.3 is 9.64 Å². The summed E-state index contributed by atoms with van der Waals surface area (Å²) in [7, 11) is 0. The normalized spacial score (nSPS) is 19.3. The van der Waals surface area contributed by atoms with Gasteiger partial charge in [-0.25, -0.2) is 0 Å². The molecule has 19 heavy (non-hydrogen) atoms. The van der Waals surface area contributed by atoms with E-state index in [1.165, 1.54) is 0 Å². The van der Waals surface area contributed by atoms with Gasteiger partial charge in [0.25, 0.3) is 0 Å². The Morgan fingerprint density at radius 3 is 2.58 bits per heavy atom. The zero-order chi connectivity index (χ0) is 13.8. The number of alkyl halides is 1. The van der Waals surface area contributed by atoms with Crippen molar-refractivity contribution in [1.82, 2.24) is 4.90 Å². The molecule has 1 aliphatic rings. The average Bonchev–Trinajstić information content (AvgIpc) is 2.67. The minimum Gasteiger partial charge on any atom is -0.493 e. The Morgan fingerprint density at radius 1 is 1.37 bits per heavy atom. The molecule has 1 atom stereocenters. The van der Waals surface area contributed by atoms with Crippen LogP contribution in [-0.4, -0.2) is 29.3 Å². The standard InChI is InChI=1S/C15H20ClNO2/c1-11(2)10-19-14-5-3-12(4-6-14)8-17-9-13(16)7-15(17)18/h3-6,11,13H,7-10H2,1-2H3. The summed E-state index contributed by atoms with van der Waals surface area (Å²) < 4.78 is 5.63. The molecule has 1 aromatic rings. The van der Waals surface area contributed by atoms with Gasteiger partial charge in [0.05, 0.1) is 12.0 Å². The summed E-state index contributed by atoms with van der Waals surface area (Å²) in [6, 6.07) is 7.92. The number of rotatable bonds is 5. The fourth-order valence-electron chi connectivity index (χ4n) is 2.05. The maximum absolute atomic E-state index is 11.7. The van der Waals surface area contributed by atoms with Crippen molar-refractivity contribution in [2.75, 3.05) is 13.2 Å². The molecule has 1 aliphatic heterocycles. The minimum atomic E-state index is -0.0406. The number of hydrogen-bond donors (Lipinski definition) is 0. The lowest BCUT2D eigenvalue weighted by Gasteiger charge is -2.16. The Morgan fingerprint density at radius 2 is 2.05 bits per heavy atom. The second kappa shape index (κ2) is 6.29. The van der Waals surface area contributed by atoms with E-state index in [1.54, 1.807) is 0 Å². The Kier molecular flexibility index (Phi) is 4.70. The Bertz CT molecular complexity index is 430. The number of hydrogen-bond acceptors (Lipinski definition) is 2. The summed E-state index contributed by atoms with van der Waals surface area (Å²) in [6.07, 6.45) is 0.455. The largest absolute Gasteiger partial charge is 0.493 e. The van der Waals surface area contributed by atoms with Crippen LogP contribution in [0.25, 0.3) is 0 Å². The summed E-state index contributed by atoms with van der Waals surface area (Å²) in [6.45, 7) is 6.24. The van der Waals surface area contributed by atoms with Gasteiger partial charge in [0.15, 0.2) is 0 Å². The second-order valence-electron chi connectivity index (χ2n) is 5.42. The Hall–Kier alpha value is -1.22. The molecule has 1 aromatic carbocycles. The predicted octanol–water partition coefficient (Wildman–Crippen LogP) is 3.06. The van der Waals surface area contributed by atoms with E-state index >= 15 is 0 Å². The number of carbonyl (C=O) groups excluding carboxylic acids is 1. The van der Waals surface area contributed by atoms with Crippen molar-refractivity contribution in [1.29, 1.82) is 0 Å². The number of nitrogens with zero attached hydrogens (tertiary/aromatic N) is 1. The van der Waals surface area contributed by atoms with Crippen molar-refractivity contribution in [3.8, 4) is 5.75 Å². The highest BCUT2D eigenvalue weighted by Crippen LogP contribution is 2.20. The van der Waals surface area contributed by atoms with E-state index in [4.69, 9.17) is 16.3 Å². The molecule has 1 amide bonds. The van der Waals surface area contributed by atoms with Gasteiger partial charge >= 0.3 is 0 Å². The highest BCUT2D eigenvalue weighted by atomic mass is 35.5. The molecular weight excluding hydrogens is 262 g/mol. The summed E-state index contributed by atoms with van der Waals surface area (Å²) in [5.41, 5.74) is 1.11. The van der Waals surface area contributed by atoms with Gasteiger partial charge in [0.1, 0.15) is 5.75 Å². The molecule has 2 rings (SSSR count). The number of benzene rings is 1. The smallest absolute Gasteiger partial charge is 0.224 e. The van der Waals surface area contributed by atoms with Crippen LogP contribution in [0.4, 0.5) is 0 Å². The maximum Gasteiger partial charge on any atom is 0.224 e. The van der Waals surface area contributed by atoms with Crippen molar-refractivity contribution in [3.05, 3.63) is 29.8 Å². The lowest BCUT2D eigenvalue weighted by Crippen LogP contribution is -2.24. The monoisotopic (exact) mass is 281 g/mol. The number of carbonyl (C=O) groups is 1. The van der Waals surface area contributed by atoms with E-state index in [1.807, 2.05) is 29.2 Å². The van der Waals surface area contributed by atoms with Crippen molar-refractivity contribution < 1.29 is 9.53 Å². The van der Waals surface area contributed by atoms with Crippen LogP contribution in [0.1, 0.15) is 25.8 Å². The van der Waals surface area contributed by atoms with Crippen LogP contribution in [0.2, 0.25) is 0 Å². The average molecular weight is 282 g/mol. The number of likely N-dealkylation sites (tertiary alicyclic amines) is 1. The highest BCUT2D eigenvalue weighted by molar-refractivity contribution is 6.22. The predicted molar refractivity (Wildman–Crippen MR) is 76.5 cm³/mol. The third-order valence-corrected chi connectivity index (χ3v) is 3.34. The summed E-state index contributed by atoms with van der Waals surface area (Å²) in [5, 5.41) is -0.0406. The molecule has 0 aliphatic carbocycles. The van der Waals surface area contributed by atoms with Crippen molar-refractivity contribution in [2.24, 2.45) is 5.92 Å². The molecule has 1 fully saturated rings. The highest BCUT2D eigenvalue weighted by Gasteiger charge is 2.27. The van der Waals surface area contributed by atoms with Crippen molar-refractivity contribution >= 4 is 17.5 Å². The molecule has 0 N–H and O–H groups in total. The lowest BCUT2D eigenvalue weighted by molar-refractivity contribution is -0.128. The van der Waals surface area contributed by atoms with E-state index in [0.29, 0.717) is 25.4 Å². The second-order valence-corrected chi connectivity index (χ2v) is 6.04. The summed E-state index contributed by atoms with van der Waals surface area (Å²) in [5.74, 6) is 1.53. The first kappa shape index (κ1) is 14.2. The van der Waals surface area contributed by atoms with E-state index in [2.05, 4.69) is 13.8 Å². The number of halogens is 1. The minimum absolute atomic E-state index is 0.0406. The van der Waals surface area contributed by atoms with Gasteiger partial charge in [-0.05, 0) is 23.6 Å². The lowest BCUT2D eigenvalue weighted by atomic mass is 10.2. The first-order valence-electron chi connectivity index (χ1n) is 6.68. The van der Waals surface area contributed by atoms with Crippen LogP contribution >= 0.6 is 11.6 Å². The first-order chi connectivity index (χ1) is 9.04. The Labute approximate surface area is 119 Å². The number of amides is 1. The molecule has 1 saturated heterocycles. The van der Waals surface area contributed by atoms with Crippen LogP contribution in [-0.2, 0) is 11.3 Å². The van der Waals surface area contributed by atoms with E-state index in [9.17, 15) is 4.79 Å². The topological polar surface area (TPSA) is 29.5 Å². The van der Waals surface area contributed by atoms with E-state index in [-0.39, 0.29) is 11.3 Å². The van der Waals surface area contributed by atoms with Gasteiger partial charge in [-0.15, -0.1) is 11.6 Å². The molecule has 1 heterocycles. The van der Waals surface area contributed by atoms with E-state index < -0.39 is 0 Å². The van der Waals surface area contributed by atoms with Gasteiger partial charge in [-0.1, -0.05) is 26.0 Å².